The quantitative estimate of drug-likeness (QED) is 0.764. The third-order valence-electron chi connectivity index (χ3n) is 4.17. The Morgan fingerprint density at radius 2 is 1.96 bits per heavy atom. The van der Waals surface area contributed by atoms with E-state index in [0.29, 0.717) is 17.9 Å². The molecule has 0 aliphatic heterocycles. The van der Waals surface area contributed by atoms with Gasteiger partial charge in [0.05, 0.1) is 13.7 Å². The number of carboxylic acid groups (broad SMARTS) is 1. The number of ether oxygens (including phenoxy) is 1. The van der Waals surface area contributed by atoms with Crippen LogP contribution in [0.2, 0.25) is 0 Å². The summed E-state index contributed by atoms with van der Waals surface area (Å²) in [5, 5.41) is 11.8. The highest BCUT2D eigenvalue weighted by molar-refractivity contribution is 5.88. The predicted octanol–water partition coefficient (Wildman–Crippen LogP) is 3.49. The fourth-order valence-corrected chi connectivity index (χ4v) is 2.70. The minimum atomic E-state index is -1.04. The third-order valence-corrected chi connectivity index (χ3v) is 4.17. The molecule has 6 heteroatoms. The van der Waals surface area contributed by atoms with E-state index in [1.165, 1.54) is 6.07 Å². The van der Waals surface area contributed by atoms with Crippen molar-refractivity contribution in [1.29, 1.82) is 0 Å². The third kappa shape index (κ3) is 4.86. The highest BCUT2D eigenvalue weighted by Crippen LogP contribution is 2.25. The minimum absolute atomic E-state index is 0.103. The van der Waals surface area contributed by atoms with Gasteiger partial charge in [-0.25, -0.2) is 4.79 Å². The number of methoxy groups -OCH3 is 1. The number of aryl methyl sites for hydroxylation is 1. The highest BCUT2D eigenvalue weighted by atomic mass is 16.5. The number of carboxylic acids is 1. The Morgan fingerprint density at radius 1 is 1.28 bits per heavy atom. The van der Waals surface area contributed by atoms with Crippen molar-refractivity contribution in [3.05, 3.63) is 53.0 Å². The molecule has 0 bridgehead atoms. The molecule has 0 aliphatic rings. The monoisotopic (exact) mass is 345 g/mol. The first-order valence-electron chi connectivity index (χ1n) is 8.17. The number of benzene rings is 1. The van der Waals surface area contributed by atoms with Gasteiger partial charge >= 0.3 is 5.97 Å². The summed E-state index contributed by atoms with van der Waals surface area (Å²) in [5.74, 6) is 0.518. The van der Waals surface area contributed by atoms with Crippen molar-refractivity contribution >= 4 is 11.9 Å². The van der Waals surface area contributed by atoms with E-state index in [1.807, 2.05) is 31.2 Å². The number of hydrogen-bond donors (Lipinski definition) is 2. The Kier molecular flexibility index (Phi) is 6.22. The van der Waals surface area contributed by atoms with Gasteiger partial charge in [0.2, 0.25) is 5.91 Å². The van der Waals surface area contributed by atoms with Crippen LogP contribution in [-0.2, 0) is 11.3 Å². The number of carbonyl (C=O) groups excluding carboxylic acids is 1. The fourth-order valence-electron chi connectivity index (χ4n) is 2.70. The molecule has 2 rings (SSSR count). The Balaban J connectivity index is 1.93. The summed E-state index contributed by atoms with van der Waals surface area (Å²) in [6.07, 6.45) is 1.19. The molecule has 1 unspecified atom stereocenters. The molecule has 1 atom stereocenters. The molecule has 6 nitrogen and oxygen atoms in total. The molecule has 2 N–H and O–H groups in total. The Hall–Kier alpha value is -2.76. The topological polar surface area (TPSA) is 88.8 Å². The molecule has 0 radical (unpaired) electrons. The number of aromatic carboxylic acids is 1. The van der Waals surface area contributed by atoms with Crippen molar-refractivity contribution in [1.82, 2.24) is 5.32 Å². The zero-order valence-electron chi connectivity index (χ0n) is 14.7. The van der Waals surface area contributed by atoms with E-state index in [9.17, 15) is 9.59 Å². The van der Waals surface area contributed by atoms with Crippen molar-refractivity contribution in [2.45, 2.75) is 39.2 Å². The second kappa shape index (κ2) is 8.37. The lowest BCUT2D eigenvalue weighted by atomic mass is 9.93. The minimum Gasteiger partial charge on any atom is -0.497 e. The Labute approximate surface area is 146 Å². The van der Waals surface area contributed by atoms with Gasteiger partial charge < -0.3 is 19.6 Å². The van der Waals surface area contributed by atoms with Crippen LogP contribution in [0.15, 0.2) is 34.7 Å². The van der Waals surface area contributed by atoms with Crippen molar-refractivity contribution in [3.63, 3.8) is 0 Å². The van der Waals surface area contributed by atoms with Crippen LogP contribution in [0.25, 0.3) is 0 Å². The number of nitrogens with one attached hydrogen (secondary N) is 1. The number of rotatable bonds is 8. The van der Waals surface area contributed by atoms with Crippen LogP contribution < -0.4 is 10.1 Å². The zero-order chi connectivity index (χ0) is 18.4. The van der Waals surface area contributed by atoms with Crippen molar-refractivity contribution in [3.8, 4) is 5.75 Å². The summed E-state index contributed by atoms with van der Waals surface area (Å²) in [5.41, 5.74) is 1.20. The number of amides is 1. The normalized spacial score (nSPS) is 11.8. The highest BCUT2D eigenvalue weighted by Gasteiger charge is 2.17. The van der Waals surface area contributed by atoms with Crippen LogP contribution in [0.4, 0.5) is 0 Å². The first-order valence-corrected chi connectivity index (χ1v) is 8.17. The van der Waals surface area contributed by atoms with Gasteiger partial charge in [-0.1, -0.05) is 19.1 Å². The van der Waals surface area contributed by atoms with Gasteiger partial charge in [0.25, 0.3) is 0 Å². The molecular formula is C19H23NO5. The van der Waals surface area contributed by atoms with E-state index in [1.54, 1.807) is 14.0 Å². The van der Waals surface area contributed by atoms with E-state index in [4.69, 9.17) is 14.3 Å². The molecule has 25 heavy (non-hydrogen) atoms. The first kappa shape index (κ1) is 18.6. The lowest BCUT2D eigenvalue weighted by molar-refractivity contribution is -0.121. The van der Waals surface area contributed by atoms with E-state index in [-0.39, 0.29) is 23.9 Å². The fraction of sp³-hybridized carbons (Fsp3) is 0.368. The second-order valence-corrected chi connectivity index (χ2v) is 5.85. The SMILES string of the molecule is CCC(CC(=O)NCc1cc(C(=O)O)c(C)o1)c1ccc(OC)cc1. The van der Waals surface area contributed by atoms with Crippen LogP contribution in [0.3, 0.4) is 0 Å². The molecule has 0 spiro atoms. The Morgan fingerprint density at radius 3 is 2.48 bits per heavy atom. The summed E-state index contributed by atoms with van der Waals surface area (Å²) in [6.45, 7) is 3.80. The van der Waals surface area contributed by atoms with E-state index < -0.39 is 5.97 Å². The number of carbonyl (C=O) groups is 2. The summed E-state index contributed by atoms with van der Waals surface area (Å²) < 4.78 is 10.5. The maximum Gasteiger partial charge on any atom is 0.339 e. The van der Waals surface area contributed by atoms with Crippen LogP contribution >= 0.6 is 0 Å². The van der Waals surface area contributed by atoms with Gasteiger partial charge in [-0.2, -0.15) is 0 Å². The molecule has 0 saturated heterocycles. The molecule has 0 aliphatic carbocycles. The van der Waals surface area contributed by atoms with Crippen molar-refractivity contribution in [2.75, 3.05) is 7.11 Å². The van der Waals surface area contributed by atoms with Crippen LogP contribution in [-0.4, -0.2) is 24.1 Å². The number of furan rings is 1. The van der Waals surface area contributed by atoms with Crippen molar-refractivity contribution < 1.29 is 23.8 Å². The molecule has 0 fully saturated rings. The molecular weight excluding hydrogens is 322 g/mol. The molecule has 2 aromatic rings. The Bertz CT molecular complexity index is 733. The average molecular weight is 345 g/mol. The largest absolute Gasteiger partial charge is 0.497 e. The number of hydrogen-bond acceptors (Lipinski definition) is 4. The standard InChI is InChI=1S/C19H23NO5/c1-4-13(14-5-7-15(24-3)8-6-14)9-18(21)20-11-16-10-17(19(22)23)12(2)25-16/h5-8,10,13H,4,9,11H2,1-3H3,(H,20,21)(H,22,23). The molecule has 1 aromatic carbocycles. The van der Waals surface area contributed by atoms with Gasteiger partial charge in [-0.05, 0) is 43.0 Å². The summed E-state index contributed by atoms with van der Waals surface area (Å²) in [7, 11) is 1.62. The smallest absolute Gasteiger partial charge is 0.339 e. The molecule has 1 heterocycles. The summed E-state index contributed by atoms with van der Waals surface area (Å²) in [4.78, 5) is 23.2. The maximum atomic E-state index is 12.2. The van der Waals surface area contributed by atoms with E-state index >= 15 is 0 Å². The molecule has 1 aromatic heterocycles. The molecule has 134 valence electrons. The van der Waals surface area contributed by atoms with Crippen LogP contribution in [0.1, 0.15) is 53.1 Å². The maximum absolute atomic E-state index is 12.2. The van der Waals surface area contributed by atoms with Crippen LogP contribution in [0, 0.1) is 6.92 Å². The summed E-state index contributed by atoms with van der Waals surface area (Å²) in [6, 6.07) is 9.15. The van der Waals surface area contributed by atoms with Gasteiger partial charge in [-0.15, -0.1) is 0 Å². The molecule has 0 saturated carbocycles. The first-order chi connectivity index (χ1) is 11.9. The van der Waals surface area contributed by atoms with E-state index in [2.05, 4.69) is 5.32 Å². The summed E-state index contributed by atoms with van der Waals surface area (Å²) >= 11 is 0. The zero-order valence-corrected chi connectivity index (χ0v) is 14.7. The van der Waals surface area contributed by atoms with Gasteiger partial charge in [-0.3, -0.25) is 4.79 Å². The van der Waals surface area contributed by atoms with Crippen molar-refractivity contribution in [2.24, 2.45) is 0 Å². The van der Waals surface area contributed by atoms with E-state index in [0.717, 1.165) is 17.7 Å². The lowest BCUT2D eigenvalue weighted by Crippen LogP contribution is -2.24. The van der Waals surface area contributed by atoms with Gasteiger partial charge in [0, 0.05) is 6.42 Å². The molecule has 1 amide bonds. The average Bonchev–Trinajstić information content (AvgIpc) is 2.99. The van der Waals surface area contributed by atoms with Gasteiger partial charge in [0.1, 0.15) is 22.8 Å². The lowest BCUT2D eigenvalue weighted by Gasteiger charge is -2.15. The predicted molar refractivity (Wildman–Crippen MR) is 92.9 cm³/mol. The van der Waals surface area contributed by atoms with Crippen LogP contribution in [0.5, 0.6) is 5.75 Å². The van der Waals surface area contributed by atoms with Gasteiger partial charge in [0.15, 0.2) is 0 Å². The second-order valence-electron chi connectivity index (χ2n) is 5.85.